The van der Waals surface area contributed by atoms with E-state index in [1.165, 1.54) is 0 Å². The third-order valence-corrected chi connectivity index (χ3v) is 3.78. The number of rotatable bonds is 2. The Morgan fingerprint density at radius 3 is 2.95 bits per heavy atom. The molecule has 0 aromatic carbocycles. The Morgan fingerprint density at radius 1 is 1.38 bits per heavy atom. The fourth-order valence-corrected chi connectivity index (χ4v) is 2.62. The number of hydrogen-bond acceptors (Lipinski definition) is 4. The number of H-pyrrole nitrogens is 1. The van der Waals surface area contributed by atoms with Gasteiger partial charge < -0.3 is 14.5 Å². The molecule has 1 aliphatic rings. The first-order chi connectivity index (χ1) is 10.0. The normalized spacial score (nSPS) is 14.1. The molecule has 7 heteroatoms. The van der Waals surface area contributed by atoms with Crippen LogP contribution in [0.4, 0.5) is 0 Å². The van der Waals surface area contributed by atoms with E-state index >= 15 is 0 Å². The highest BCUT2D eigenvalue weighted by molar-refractivity contribution is 5.79. The van der Waals surface area contributed by atoms with Crippen LogP contribution in [-0.4, -0.2) is 36.9 Å². The molecule has 3 rings (SSSR count). The number of carbonyl (C=O) groups excluding carboxylic acids is 1. The summed E-state index contributed by atoms with van der Waals surface area (Å²) in [5.74, 6) is 0.511. The minimum Gasteiger partial charge on any atom is -0.335 e. The maximum absolute atomic E-state index is 12.4. The lowest BCUT2D eigenvalue weighted by atomic mass is 10.1. The van der Waals surface area contributed by atoms with E-state index in [0.29, 0.717) is 30.2 Å². The SMILES string of the molecule is Cc1nc(C)c(CC(=O)N2CCn3cncc3C2)c(=O)[nH]1. The van der Waals surface area contributed by atoms with Gasteiger partial charge in [0.2, 0.25) is 5.91 Å². The molecule has 3 heterocycles. The molecule has 0 unspecified atom stereocenters. The second-order valence-corrected chi connectivity index (χ2v) is 5.29. The molecule has 0 radical (unpaired) electrons. The summed E-state index contributed by atoms with van der Waals surface area (Å²) >= 11 is 0. The van der Waals surface area contributed by atoms with Crippen LogP contribution in [0.1, 0.15) is 22.8 Å². The fourth-order valence-electron chi connectivity index (χ4n) is 2.62. The maximum Gasteiger partial charge on any atom is 0.254 e. The smallest absolute Gasteiger partial charge is 0.254 e. The number of carbonyl (C=O) groups is 1. The summed E-state index contributed by atoms with van der Waals surface area (Å²) in [5, 5.41) is 0. The standard InChI is InChI=1S/C14H17N5O2/c1-9-12(14(21)17-10(2)16-9)5-13(20)18-3-4-19-8-15-6-11(19)7-18/h6,8H,3-5,7H2,1-2H3,(H,16,17,21). The van der Waals surface area contributed by atoms with Crippen LogP contribution in [0.25, 0.3) is 0 Å². The molecule has 1 N–H and O–H groups in total. The van der Waals surface area contributed by atoms with E-state index in [2.05, 4.69) is 15.0 Å². The Kier molecular flexibility index (Phi) is 3.32. The van der Waals surface area contributed by atoms with Crippen molar-refractivity contribution >= 4 is 5.91 Å². The minimum absolute atomic E-state index is 0.0540. The van der Waals surface area contributed by atoms with E-state index < -0.39 is 0 Å². The van der Waals surface area contributed by atoms with Gasteiger partial charge in [-0.05, 0) is 13.8 Å². The molecule has 1 aliphatic heterocycles. The summed E-state index contributed by atoms with van der Waals surface area (Å²) in [6.45, 7) is 5.40. The lowest BCUT2D eigenvalue weighted by molar-refractivity contribution is -0.131. The van der Waals surface area contributed by atoms with Crippen molar-refractivity contribution in [3.8, 4) is 0 Å². The van der Waals surface area contributed by atoms with Gasteiger partial charge in [-0.1, -0.05) is 0 Å². The van der Waals surface area contributed by atoms with Gasteiger partial charge in [0.25, 0.3) is 5.56 Å². The van der Waals surface area contributed by atoms with Crippen molar-refractivity contribution in [1.82, 2.24) is 24.4 Å². The number of imidazole rings is 1. The number of aromatic nitrogens is 4. The minimum atomic E-state index is -0.226. The Bertz CT molecular complexity index is 746. The summed E-state index contributed by atoms with van der Waals surface area (Å²) in [6.07, 6.45) is 3.63. The zero-order valence-corrected chi connectivity index (χ0v) is 12.1. The van der Waals surface area contributed by atoms with Gasteiger partial charge in [0.1, 0.15) is 5.82 Å². The van der Waals surface area contributed by atoms with Gasteiger partial charge in [0, 0.05) is 30.5 Å². The molecule has 0 fully saturated rings. The van der Waals surface area contributed by atoms with Crippen molar-refractivity contribution in [2.24, 2.45) is 0 Å². The quantitative estimate of drug-likeness (QED) is 0.853. The zero-order chi connectivity index (χ0) is 15.0. The summed E-state index contributed by atoms with van der Waals surface area (Å²) in [4.78, 5) is 37.1. The first-order valence-corrected chi connectivity index (χ1v) is 6.88. The first kappa shape index (κ1) is 13.5. The van der Waals surface area contributed by atoms with Crippen LogP contribution in [-0.2, 0) is 24.3 Å². The average Bonchev–Trinajstić information content (AvgIpc) is 2.89. The van der Waals surface area contributed by atoms with Crippen LogP contribution < -0.4 is 5.56 Å². The lowest BCUT2D eigenvalue weighted by Crippen LogP contribution is -2.39. The van der Waals surface area contributed by atoms with Crippen LogP contribution in [0.15, 0.2) is 17.3 Å². The number of amides is 1. The molecular weight excluding hydrogens is 270 g/mol. The molecule has 0 spiro atoms. The third-order valence-electron chi connectivity index (χ3n) is 3.78. The number of aryl methyl sites for hydroxylation is 2. The molecule has 0 saturated carbocycles. The molecule has 1 amide bonds. The molecule has 0 bridgehead atoms. The summed E-state index contributed by atoms with van der Waals surface area (Å²) in [5.41, 5.74) is 1.86. The molecule has 7 nitrogen and oxygen atoms in total. The van der Waals surface area contributed by atoms with E-state index in [9.17, 15) is 9.59 Å². The van der Waals surface area contributed by atoms with Crippen LogP contribution in [0.5, 0.6) is 0 Å². The maximum atomic E-state index is 12.4. The molecule has 110 valence electrons. The van der Waals surface area contributed by atoms with E-state index in [0.717, 1.165) is 12.2 Å². The largest absolute Gasteiger partial charge is 0.335 e. The Morgan fingerprint density at radius 2 is 2.19 bits per heavy atom. The van der Waals surface area contributed by atoms with Gasteiger partial charge in [0.15, 0.2) is 0 Å². The monoisotopic (exact) mass is 287 g/mol. The van der Waals surface area contributed by atoms with E-state index in [1.54, 1.807) is 31.3 Å². The van der Waals surface area contributed by atoms with Gasteiger partial charge in [-0.2, -0.15) is 0 Å². The van der Waals surface area contributed by atoms with Crippen LogP contribution in [0, 0.1) is 13.8 Å². The molecule has 0 saturated heterocycles. The third kappa shape index (κ3) is 2.58. The molecule has 0 atom stereocenters. The number of nitrogens with zero attached hydrogens (tertiary/aromatic N) is 4. The fraction of sp³-hybridized carbons (Fsp3) is 0.429. The molecule has 2 aromatic rings. The topological polar surface area (TPSA) is 83.9 Å². The molecule has 2 aromatic heterocycles. The van der Waals surface area contributed by atoms with Gasteiger partial charge in [0.05, 0.1) is 25.0 Å². The highest BCUT2D eigenvalue weighted by Crippen LogP contribution is 2.13. The number of fused-ring (bicyclic) bond motifs is 1. The van der Waals surface area contributed by atoms with Gasteiger partial charge in [-0.25, -0.2) is 9.97 Å². The van der Waals surface area contributed by atoms with Gasteiger partial charge in [-0.15, -0.1) is 0 Å². The van der Waals surface area contributed by atoms with Crippen molar-refractivity contribution in [2.45, 2.75) is 33.4 Å². The Balaban J connectivity index is 1.78. The van der Waals surface area contributed by atoms with E-state index in [-0.39, 0.29) is 17.9 Å². The van der Waals surface area contributed by atoms with Crippen molar-refractivity contribution < 1.29 is 4.79 Å². The van der Waals surface area contributed by atoms with Crippen LogP contribution in [0.3, 0.4) is 0 Å². The predicted molar refractivity (Wildman–Crippen MR) is 75.7 cm³/mol. The van der Waals surface area contributed by atoms with Crippen molar-refractivity contribution in [3.05, 3.63) is 45.7 Å². The molecular formula is C14H17N5O2. The first-order valence-electron chi connectivity index (χ1n) is 6.88. The van der Waals surface area contributed by atoms with Gasteiger partial charge in [-0.3, -0.25) is 9.59 Å². The Labute approximate surface area is 121 Å². The molecule has 0 aliphatic carbocycles. The number of aromatic amines is 1. The number of hydrogen-bond donors (Lipinski definition) is 1. The van der Waals surface area contributed by atoms with Crippen LogP contribution in [0.2, 0.25) is 0 Å². The highest BCUT2D eigenvalue weighted by Gasteiger charge is 2.22. The van der Waals surface area contributed by atoms with Crippen LogP contribution >= 0.6 is 0 Å². The van der Waals surface area contributed by atoms with Crippen molar-refractivity contribution in [1.29, 1.82) is 0 Å². The average molecular weight is 287 g/mol. The van der Waals surface area contributed by atoms with Crippen molar-refractivity contribution in [2.75, 3.05) is 6.54 Å². The summed E-state index contributed by atoms with van der Waals surface area (Å²) < 4.78 is 2.04. The molecule has 21 heavy (non-hydrogen) atoms. The second-order valence-electron chi connectivity index (χ2n) is 5.29. The summed E-state index contributed by atoms with van der Waals surface area (Å²) in [7, 11) is 0. The lowest BCUT2D eigenvalue weighted by Gasteiger charge is -2.28. The van der Waals surface area contributed by atoms with Crippen molar-refractivity contribution in [3.63, 3.8) is 0 Å². The van der Waals surface area contributed by atoms with E-state index in [1.807, 2.05) is 4.57 Å². The predicted octanol–water partition coefficient (Wildman–Crippen LogP) is 0.168. The highest BCUT2D eigenvalue weighted by atomic mass is 16.2. The number of nitrogens with one attached hydrogen (secondary N) is 1. The Hall–Kier alpha value is -2.44. The summed E-state index contributed by atoms with van der Waals surface area (Å²) in [6, 6.07) is 0. The zero-order valence-electron chi connectivity index (χ0n) is 12.1. The van der Waals surface area contributed by atoms with Gasteiger partial charge >= 0.3 is 0 Å². The van der Waals surface area contributed by atoms with E-state index in [4.69, 9.17) is 0 Å². The second kappa shape index (κ2) is 5.16.